The molecule has 1 aliphatic carbocycles. The van der Waals surface area contributed by atoms with Crippen molar-refractivity contribution in [1.82, 2.24) is 4.57 Å². The molecule has 7 aromatic carbocycles. The minimum absolute atomic E-state index is 0.0734. The van der Waals surface area contributed by atoms with Gasteiger partial charge in [-0.2, -0.15) is 0 Å². The molecule has 8 aromatic rings. The fourth-order valence-electron chi connectivity index (χ4n) is 8.30. The molecule has 1 aliphatic rings. The van der Waals surface area contributed by atoms with Gasteiger partial charge in [-0.3, -0.25) is 0 Å². The number of hydrogen-bond donors (Lipinski definition) is 0. The van der Waals surface area contributed by atoms with E-state index in [-0.39, 0.29) is 5.41 Å². The molecule has 2 heteroatoms. The van der Waals surface area contributed by atoms with Gasteiger partial charge in [0.15, 0.2) is 0 Å². The fraction of sp³-hybridized carbons (Fsp3) is 0.130. The lowest BCUT2D eigenvalue weighted by Crippen LogP contribution is -2.30. The number of anilines is 3. The Morgan fingerprint density at radius 2 is 1.00 bits per heavy atom. The number of benzene rings is 7. The molecule has 48 heavy (non-hydrogen) atoms. The number of para-hydroxylation sites is 2. The van der Waals surface area contributed by atoms with Crippen LogP contribution in [0.1, 0.15) is 43.2 Å². The van der Waals surface area contributed by atoms with Crippen LogP contribution < -0.4 is 4.90 Å². The predicted molar refractivity (Wildman–Crippen MR) is 203 cm³/mol. The minimum Gasteiger partial charge on any atom is -0.310 e. The Hall–Kier alpha value is -5.60. The van der Waals surface area contributed by atoms with Gasteiger partial charge in [-0.25, -0.2) is 0 Å². The molecule has 232 valence electrons. The summed E-state index contributed by atoms with van der Waals surface area (Å²) in [7, 11) is 0. The molecule has 0 unspecified atom stereocenters. The SMILES string of the molecule is c1ccc(-n2c3ccccc3c3cc(N(c4ccc(C5(c6ccccc6)CCCCC5)cc4)c4ccc5ccccc5c4)ccc32)cc1. The molecule has 0 amide bonds. The maximum absolute atomic E-state index is 2.43. The van der Waals surface area contributed by atoms with E-state index in [9.17, 15) is 0 Å². The van der Waals surface area contributed by atoms with E-state index >= 15 is 0 Å². The summed E-state index contributed by atoms with van der Waals surface area (Å²) in [5.41, 5.74) is 10.0. The first-order chi connectivity index (χ1) is 23.8. The van der Waals surface area contributed by atoms with Crippen molar-refractivity contribution in [2.75, 3.05) is 4.90 Å². The molecule has 1 saturated carbocycles. The Balaban J connectivity index is 1.22. The second kappa shape index (κ2) is 11.9. The van der Waals surface area contributed by atoms with Gasteiger partial charge in [0.05, 0.1) is 11.0 Å². The summed E-state index contributed by atoms with van der Waals surface area (Å²) < 4.78 is 2.39. The molecule has 1 aromatic heterocycles. The van der Waals surface area contributed by atoms with Crippen LogP contribution in [-0.2, 0) is 5.41 Å². The lowest BCUT2D eigenvalue weighted by atomic mass is 9.65. The largest absolute Gasteiger partial charge is 0.310 e. The topological polar surface area (TPSA) is 8.17 Å². The van der Waals surface area contributed by atoms with E-state index < -0.39 is 0 Å². The predicted octanol–water partition coefficient (Wildman–Crippen LogP) is 12.7. The molecule has 0 N–H and O–H groups in total. The lowest BCUT2D eigenvalue weighted by Gasteiger charge is -2.39. The van der Waals surface area contributed by atoms with E-state index in [4.69, 9.17) is 0 Å². The second-order valence-electron chi connectivity index (χ2n) is 13.3. The average Bonchev–Trinajstić information content (AvgIpc) is 3.50. The molecular weight excluding hydrogens is 581 g/mol. The normalized spacial score (nSPS) is 14.4. The van der Waals surface area contributed by atoms with E-state index in [1.54, 1.807) is 0 Å². The van der Waals surface area contributed by atoms with Crippen LogP contribution >= 0.6 is 0 Å². The standard InChI is InChI=1S/C46H38N2/c1-4-16-36(17-5-1)46(30-12-3-13-31-46)37-23-26-39(27-24-37)47(40-25-22-34-14-8-9-15-35(34)32-40)41-28-29-45-43(33-41)42-20-10-11-21-44(42)48(45)38-18-6-2-7-19-38/h1-2,4-11,14-29,32-33H,3,12-13,30-31H2. The van der Waals surface area contributed by atoms with Gasteiger partial charge in [-0.15, -0.1) is 0 Å². The maximum atomic E-state index is 2.43. The zero-order chi connectivity index (χ0) is 31.9. The third-order valence-corrected chi connectivity index (χ3v) is 10.6. The van der Waals surface area contributed by atoms with Gasteiger partial charge < -0.3 is 9.47 Å². The maximum Gasteiger partial charge on any atom is 0.0542 e. The Kier molecular flexibility index (Phi) is 7.08. The van der Waals surface area contributed by atoms with Gasteiger partial charge in [-0.1, -0.05) is 128 Å². The smallest absolute Gasteiger partial charge is 0.0542 e. The number of fused-ring (bicyclic) bond motifs is 4. The summed E-state index contributed by atoms with van der Waals surface area (Å²) in [4.78, 5) is 2.43. The summed E-state index contributed by atoms with van der Waals surface area (Å²) in [6, 6.07) is 62.6. The lowest BCUT2D eigenvalue weighted by molar-refractivity contribution is 0.346. The number of aromatic nitrogens is 1. The highest BCUT2D eigenvalue weighted by Crippen LogP contribution is 2.46. The van der Waals surface area contributed by atoms with Crippen LogP contribution in [0, 0.1) is 0 Å². The molecule has 0 saturated heterocycles. The van der Waals surface area contributed by atoms with Crippen molar-refractivity contribution in [1.29, 1.82) is 0 Å². The van der Waals surface area contributed by atoms with E-state index in [0.29, 0.717) is 0 Å². The first-order valence-corrected chi connectivity index (χ1v) is 17.3. The summed E-state index contributed by atoms with van der Waals surface area (Å²) in [5.74, 6) is 0. The Labute approximate surface area is 282 Å². The van der Waals surface area contributed by atoms with Crippen LogP contribution in [0.5, 0.6) is 0 Å². The molecule has 0 aliphatic heterocycles. The van der Waals surface area contributed by atoms with Crippen LogP contribution in [0.25, 0.3) is 38.3 Å². The molecule has 0 spiro atoms. The Bertz CT molecular complexity index is 2360. The Morgan fingerprint density at radius 3 is 1.79 bits per heavy atom. The van der Waals surface area contributed by atoms with E-state index in [1.807, 2.05) is 0 Å². The molecular formula is C46H38N2. The van der Waals surface area contributed by atoms with E-state index in [2.05, 4.69) is 179 Å². The molecule has 0 bridgehead atoms. The summed E-state index contributed by atoms with van der Waals surface area (Å²) in [6.45, 7) is 0. The molecule has 0 atom stereocenters. The number of hydrogen-bond acceptors (Lipinski definition) is 1. The number of rotatable bonds is 6. The highest BCUT2D eigenvalue weighted by molar-refractivity contribution is 6.10. The van der Waals surface area contributed by atoms with Crippen molar-refractivity contribution in [3.05, 3.63) is 181 Å². The third-order valence-electron chi connectivity index (χ3n) is 10.6. The van der Waals surface area contributed by atoms with Crippen molar-refractivity contribution in [2.45, 2.75) is 37.5 Å². The fourth-order valence-corrected chi connectivity index (χ4v) is 8.30. The van der Waals surface area contributed by atoms with Crippen molar-refractivity contribution in [3.8, 4) is 5.69 Å². The highest BCUT2D eigenvalue weighted by Gasteiger charge is 2.35. The van der Waals surface area contributed by atoms with Crippen LogP contribution in [0.4, 0.5) is 17.1 Å². The van der Waals surface area contributed by atoms with Crippen LogP contribution in [0.2, 0.25) is 0 Å². The monoisotopic (exact) mass is 618 g/mol. The van der Waals surface area contributed by atoms with Crippen molar-refractivity contribution >= 4 is 49.6 Å². The molecule has 9 rings (SSSR count). The molecule has 2 nitrogen and oxygen atoms in total. The van der Waals surface area contributed by atoms with Crippen LogP contribution in [-0.4, -0.2) is 4.57 Å². The summed E-state index contributed by atoms with van der Waals surface area (Å²) in [5, 5.41) is 5.00. The van der Waals surface area contributed by atoms with E-state index in [1.165, 1.54) is 87.2 Å². The highest BCUT2D eigenvalue weighted by atomic mass is 15.1. The molecule has 1 heterocycles. The van der Waals surface area contributed by atoms with Gasteiger partial charge in [0.1, 0.15) is 0 Å². The third kappa shape index (κ3) is 4.79. The van der Waals surface area contributed by atoms with Gasteiger partial charge in [0.25, 0.3) is 0 Å². The molecule has 1 fully saturated rings. The zero-order valence-corrected chi connectivity index (χ0v) is 27.1. The van der Waals surface area contributed by atoms with Crippen LogP contribution in [0.15, 0.2) is 170 Å². The average molecular weight is 619 g/mol. The van der Waals surface area contributed by atoms with Gasteiger partial charge in [-0.05, 0) is 95.4 Å². The quantitative estimate of drug-likeness (QED) is 0.180. The van der Waals surface area contributed by atoms with Gasteiger partial charge in [0.2, 0.25) is 0 Å². The van der Waals surface area contributed by atoms with E-state index in [0.717, 1.165) is 11.4 Å². The van der Waals surface area contributed by atoms with Gasteiger partial charge >= 0.3 is 0 Å². The minimum atomic E-state index is 0.0734. The van der Waals surface area contributed by atoms with Crippen LogP contribution in [0.3, 0.4) is 0 Å². The zero-order valence-electron chi connectivity index (χ0n) is 27.1. The second-order valence-corrected chi connectivity index (χ2v) is 13.3. The summed E-state index contributed by atoms with van der Waals surface area (Å²) >= 11 is 0. The van der Waals surface area contributed by atoms with Gasteiger partial charge in [0, 0.05) is 38.9 Å². The van der Waals surface area contributed by atoms with Crippen molar-refractivity contribution in [3.63, 3.8) is 0 Å². The summed E-state index contributed by atoms with van der Waals surface area (Å²) in [6.07, 6.45) is 6.28. The first kappa shape index (κ1) is 28.6. The first-order valence-electron chi connectivity index (χ1n) is 17.3. The Morgan fingerprint density at radius 1 is 0.417 bits per heavy atom. The number of nitrogens with zero attached hydrogens (tertiary/aromatic N) is 2. The van der Waals surface area contributed by atoms with Crippen molar-refractivity contribution < 1.29 is 0 Å². The molecule has 0 radical (unpaired) electrons. The van der Waals surface area contributed by atoms with Crippen molar-refractivity contribution in [2.24, 2.45) is 0 Å².